The van der Waals surface area contributed by atoms with Crippen molar-refractivity contribution in [3.8, 4) is 0 Å². The predicted molar refractivity (Wildman–Crippen MR) is 139 cm³/mol. The molecule has 1 saturated heterocycles. The summed E-state index contributed by atoms with van der Waals surface area (Å²) in [6.45, 7) is 4.28. The lowest BCUT2D eigenvalue weighted by molar-refractivity contribution is -0.146. The minimum absolute atomic E-state index is 0.157. The molecule has 0 bridgehead atoms. The number of carbonyl (C=O) groups excluding carboxylic acids is 2. The Labute approximate surface area is 210 Å². The highest BCUT2D eigenvalue weighted by molar-refractivity contribution is 7.99. The molecule has 0 atom stereocenters. The molecule has 2 aliphatic heterocycles. The summed E-state index contributed by atoms with van der Waals surface area (Å²) >= 11 is 1.95. The Morgan fingerprint density at radius 1 is 1.06 bits per heavy atom. The summed E-state index contributed by atoms with van der Waals surface area (Å²) in [6, 6.07) is 13.4. The summed E-state index contributed by atoms with van der Waals surface area (Å²) in [4.78, 5) is 26.9. The first kappa shape index (κ1) is 25.2. The Morgan fingerprint density at radius 2 is 1.86 bits per heavy atom. The standard InChI is InChI=1S/C26H32N4O4S/c1-33-12-13-34-25(31)19-29-9-8-21-6-7-24(16-23(21)18-29)28-26(32)22-4-2-20(3-5-22)17-27-30-10-14-35-15-11-30/h2-7,16-17H,8-15,18-19H2,1H3,(H,28,32)/b27-17+. The van der Waals surface area contributed by atoms with Crippen LogP contribution in [0.1, 0.15) is 27.0 Å². The number of amides is 1. The van der Waals surface area contributed by atoms with E-state index in [2.05, 4.69) is 26.4 Å². The van der Waals surface area contributed by atoms with Gasteiger partial charge in [-0.1, -0.05) is 18.2 Å². The number of hydrogen-bond acceptors (Lipinski definition) is 8. The first-order valence-corrected chi connectivity index (χ1v) is 13.0. The zero-order chi connectivity index (χ0) is 24.5. The van der Waals surface area contributed by atoms with E-state index in [-0.39, 0.29) is 25.0 Å². The fourth-order valence-electron chi connectivity index (χ4n) is 4.04. The molecule has 2 aliphatic rings. The number of rotatable bonds is 9. The summed E-state index contributed by atoms with van der Waals surface area (Å²) < 4.78 is 10.1. The molecule has 0 aromatic heterocycles. The molecule has 9 heteroatoms. The molecule has 0 aliphatic carbocycles. The van der Waals surface area contributed by atoms with Crippen molar-refractivity contribution in [2.75, 3.05) is 63.3 Å². The van der Waals surface area contributed by atoms with Crippen LogP contribution in [0.5, 0.6) is 0 Å². The largest absolute Gasteiger partial charge is 0.462 e. The molecule has 1 amide bonds. The van der Waals surface area contributed by atoms with Crippen LogP contribution in [0.15, 0.2) is 47.6 Å². The van der Waals surface area contributed by atoms with Crippen molar-refractivity contribution in [3.63, 3.8) is 0 Å². The Balaban J connectivity index is 1.31. The summed E-state index contributed by atoms with van der Waals surface area (Å²) in [7, 11) is 1.58. The topological polar surface area (TPSA) is 83.5 Å². The lowest BCUT2D eigenvalue weighted by Gasteiger charge is -2.28. The second-order valence-electron chi connectivity index (χ2n) is 8.54. The number of nitrogens with one attached hydrogen (secondary N) is 1. The second-order valence-corrected chi connectivity index (χ2v) is 9.77. The van der Waals surface area contributed by atoms with Crippen LogP contribution in [-0.2, 0) is 27.2 Å². The molecule has 8 nitrogen and oxygen atoms in total. The molecule has 2 aromatic rings. The third kappa shape index (κ3) is 7.55. The van der Waals surface area contributed by atoms with Crippen LogP contribution in [0, 0.1) is 0 Å². The Morgan fingerprint density at radius 3 is 2.63 bits per heavy atom. The minimum atomic E-state index is -0.251. The van der Waals surface area contributed by atoms with Gasteiger partial charge in [-0.25, -0.2) is 0 Å². The number of hydrazone groups is 1. The van der Waals surface area contributed by atoms with Crippen molar-refractivity contribution < 1.29 is 19.1 Å². The van der Waals surface area contributed by atoms with E-state index in [1.807, 2.05) is 54.4 Å². The second kappa shape index (κ2) is 12.7. The van der Waals surface area contributed by atoms with Gasteiger partial charge >= 0.3 is 5.97 Å². The van der Waals surface area contributed by atoms with Gasteiger partial charge in [0.1, 0.15) is 6.61 Å². The highest BCUT2D eigenvalue weighted by atomic mass is 32.2. The van der Waals surface area contributed by atoms with Gasteiger partial charge in [-0.3, -0.25) is 19.5 Å². The summed E-state index contributed by atoms with van der Waals surface area (Å²) in [5.74, 6) is 1.81. The molecule has 2 aromatic carbocycles. The van der Waals surface area contributed by atoms with Crippen LogP contribution in [0.2, 0.25) is 0 Å². The predicted octanol–water partition coefficient (Wildman–Crippen LogP) is 2.87. The highest BCUT2D eigenvalue weighted by Gasteiger charge is 2.20. The van der Waals surface area contributed by atoms with E-state index in [0.717, 1.165) is 54.4 Å². The van der Waals surface area contributed by atoms with Crippen molar-refractivity contribution in [2.24, 2.45) is 5.10 Å². The van der Waals surface area contributed by atoms with Gasteiger partial charge in [-0.15, -0.1) is 0 Å². The zero-order valence-corrected chi connectivity index (χ0v) is 20.9. The van der Waals surface area contributed by atoms with Crippen LogP contribution >= 0.6 is 11.8 Å². The number of esters is 1. The first-order valence-electron chi connectivity index (χ1n) is 11.9. The number of methoxy groups -OCH3 is 1. The molecule has 0 radical (unpaired) electrons. The van der Waals surface area contributed by atoms with E-state index < -0.39 is 0 Å². The number of ether oxygens (including phenoxy) is 2. The van der Waals surface area contributed by atoms with Gasteiger partial charge < -0.3 is 14.8 Å². The number of fused-ring (bicyclic) bond motifs is 1. The highest BCUT2D eigenvalue weighted by Crippen LogP contribution is 2.23. The maximum atomic E-state index is 12.8. The Kier molecular flexibility index (Phi) is 9.16. The quantitative estimate of drug-likeness (QED) is 0.325. The van der Waals surface area contributed by atoms with E-state index >= 15 is 0 Å². The number of benzene rings is 2. The monoisotopic (exact) mass is 496 g/mol. The van der Waals surface area contributed by atoms with Gasteiger partial charge in [0, 0.05) is 56.0 Å². The van der Waals surface area contributed by atoms with E-state index in [1.54, 1.807) is 7.11 Å². The van der Waals surface area contributed by atoms with Crippen LogP contribution in [0.4, 0.5) is 5.69 Å². The van der Waals surface area contributed by atoms with Gasteiger partial charge in [-0.05, 0) is 47.4 Å². The normalized spacial score (nSPS) is 16.2. The fourth-order valence-corrected chi connectivity index (χ4v) is 4.92. The van der Waals surface area contributed by atoms with Gasteiger partial charge in [-0.2, -0.15) is 16.9 Å². The van der Waals surface area contributed by atoms with Crippen molar-refractivity contribution >= 4 is 35.5 Å². The SMILES string of the molecule is COCCOC(=O)CN1CCc2ccc(NC(=O)c3ccc(/C=N/N4CCSCC4)cc3)cc2C1. The number of nitrogens with zero attached hydrogens (tertiary/aromatic N) is 3. The van der Waals surface area contributed by atoms with Crippen molar-refractivity contribution in [1.29, 1.82) is 0 Å². The van der Waals surface area contributed by atoms with E-state index in [1.165, 1.54) is 5.56 Å². The maximum Gasteiger partial charge on any atom is 0.320 e. The molecule has 0 saturated carbocycles. The van der Waals surface area contributed by atoms with Gasteiger partial charge in [0.2, 0.25) is 0 Å². The third-order valence-electron chi connectivity index (χ3n) is 5.99. The zero-order valence-electron chi connectivity index (χ0n) is 20.1. The molecular formula is C26H32N4O4S. The summed E-state index contributed by atoms with van der Waals surface area (Å²) in [5.41, 5.74) is 4.65. The summed E-state index contributed by atoms with van der Waals surface area (Å²) in [6.07, 6.45) is 2.70. The molecular weight excluding hydrogens is 464 g/mol. The maximum absolute atomic E-state index is 12.8. The average molecular weight is 497 g/mol. The van der Waals surface area contributed by atoms with Crippen molar-refractivity contribution in [3.05, 3.63) is 64.7 Å². The fraction of sp³-hybridized carbons (Fsp3) is 0.423. The molecule has 2 heterocycles. The van der Waals surface area contributed by atoms with Gasteiger partial charge in [0.15, 0.2) is 0 Å². The van der Waals surface area contributed by atoms with Crippen LogP contribution in [0.25, 0.3) is 0 Å². The first-order chi connectivity index (χ1) is 17.1. The minimum Gasteiger partial charge on any atom is -0.462 e. The number of anilines is 1. The van der Waals surface area contributed by atoms with Crippen molar-refractivity contribution in [2.45, 2.75) is 13.0 Å². The van der Waals surface area contributed by atoms with E-state index in [9.17, 15) is 9.59 Å². The lowest BCUT2D eigenvalue weighted by Crippen LogP contribution is -2.35. The van der Waals surface area contributed by atoms with Crippen LogP contribution in [-0.4, -0.2) is 86.0 Å². The van der Waals surface area contributed by atoms with Gasteiger partial charge in [0.05, 0.1) is 19.4 Å². The average Bonchev–Trinajstić information content (AvgIpc) is 2.88. The molecule has 35 heavy (non-hydrogen) atoms. The van der Waals surface area contributed by atoms with Gasteiger partial charge in [0.25, 0.3) is 5.91 Å². The molecule has 1 N–H and O–H groups in total. The number of carbonyl (C=O) groups is 2. The lowest BCUT2D eigenvalue weighted by atomic mass is 9.99. The van der Waals surface area contributed by atoms with Crippen LogP contribution in [0.3, 0.4) is 0 Å². The molecule has 4 rings (SSSR count). The third-order valence-corrected chi connectivity index (χ3v) is 6.93. The molecule has 0 unspecified atom stereocenters. The summed E-state index contributed by atoms with van der Waals surface area (Å²) in [5, 5.41) is 9.61. The Bertz CT molecular complexity index is 1040. The van der Waals surface area contributed by atoms with E-state index in [4.69, 9.17) is 9.47 Å². The molecule has 1 fully saturated rings. The van der Waals surface area contributed by atoms with E-state index in [0.29, 0.717) is 18.7 Å². The number of thioether (sulfide) groups is 1. The molecule has 0 spiro atoms. The van der Waals surface area contributed by atoms with Crippen LogP contribution < -0.4 is 5.32 Å². The number of hydrogen-bond donors (Lipinski definition) is 1. The Hall–Kier alpha value is -2.88. The molecule has 186 valence electrons. The smallest absolute Gasteiger partial charge is 0.320 e. The van der Waals surface area contributed by atoms with Crippen molar-refractivity contribution in [1.82, 2.24) is 9.91 Å².